The zero-order chi connectivity index (χ0) is 19.1. The van der Waals surface area contributed by atoms with Crippen LogP contribution in [-0.4, -0.2) is 29.9 Å². The average Bonchev–Trinajstić information content (AvgIpc) is 3.07. The second-order valence-electron chi connectivity index (χ2n) is 6.49. The second kappa shape index (κ2) is 7.28. The molecular weight excluding hydrogens is 396 g/mol. The van der Waals surface area contributed by atoms with E-state index in [9.17, 15) is 18.4 Å². The summed E-state index contributed by atoms with van der Waals surface area (Å²) in [4.78, 5) is 13.4. The summed E-state index contributed by atoms with van der Waals surface area (Å²) < 4.78 is 27.7. The van der Waals surface area contributed by atoms with Gasteiger partial charge in [-0.1, -0.05) is 25.4 Å². The summed E-state index contributed by atoms with van der Waals surface area (Å²) in [5.74, 6) is -1.11. The SMILES string of the molecule is CC(C)[C@H]1c2ccsc2CN(S(=O)(=O)c2ccc(Cl)cc2)[C@@H]1C(=O)NO. The maximum absolute atomic E-state index is 13.3. The molecule has 2 N–H and O–H groups in total. The smallest absolute Gasteiger partial charge is 0.262 e. The number of benzene rings is 1. The molecule has 0 fully saturated rings. The van der Waals surface area contributed by atoms with Crippen LogP contribution >= 0.6 is 22.9 Å². The number of rotatable bonds is 4. The van der Waals surface area contributed by atoms with E-state index in [2.05, 4.69) is 0 Å². The van der Waals surface area contributed by atoms with Crippen molar-refractivity contribution in [3.05, 3.63) is 51.2 Å². The van der Waals surface area contributed by atoms with Crippen LogP contribution in [0.1, 0.15) is 30.2 Å². The van der Waals surface area contributed by atoms with E-state index < -0.39 is 22.0 Å². The van der Waals surface area contributed by atoms with Crippen LogP contribution in [0.3, 0.4) is 0 Å². The molecule has 0 spiro atoms. The summed E-state index contributed by atoms with van der Waals surface area (Å²) in [5.41, 5.74) is 2.60. The number of thiophene rings is 1. The summed E-state index contributed by atoms with van der Waals surface area (Å²) in [6.07, 6.45) is 0. The van der Waals surface area contributed by atoms with Gasteiger partial charge in [0, 0.05) is 22.4 Å². The van der Waals surface area contributed by atoms with E-state index in [0.717, 1.165) is 10.4 Å². The lowest BCUT2D eigenvalue weighted by Crippen LogP contribution is -2.54. The van der Waals surface area contributed by atoms with Crippen molar-refractivity contribution in [1.82, 2.24) is 9.79 Å². The number of hydrogen-bond donors (Lipinski definition) is 2. The molecule has 1 aromatic heterocycles. The van der Waals surface area contributed by atoms with Gasteiger partial charge < -0.3 is 0 Å². The Kier molecular flexibility index (Phi) is 5.41. The number of hydrogen-bond acceptors (Lipinski definition) is 5. The predicted octanol–water partition coefficient (Wildman–Crippen LogP) is 3.22. The Balaban J connectivity index is 2.15. The summed E-state index contributed by atoms with van der Waals surface area (Å²) >= 11 is 7.33. The minimum atomic E-state index is -3.96. The molecule has 6 nitrogen and oxygen atoms in total. The van der Waals surface area contributed by atoms with Gasteiger partial charge in [0.15, 0.2) is 0 Å². The van der Waals surface area contributed by atoms with Gasteiger partial charge in [0.25, 0.3) is 5.91 Å². The fourth-order valence-corrected chi connectivity index (χ4v) is 6.14. The van der Waals surface area contributed by atoms with Crippen LogP contribution in [0.2, 0.25) is 5.02 Å². The monoisotopic (exact) mass is 414 g/mol. The Labute approximate surface area is 161 Å². The van der Waals surface area contributed by atoms with E-state index >= 15 is 0 Å². The highest BCUT2D eigenvalue weighted by Gasteiger charge is 2.47. The molecule has 140 valence electrons. The lowest BCUT2D eigenvalue weighted by Gasteiger charge is -2.40. The van der Waals surface area contributed by atoms with Crippen LogP contribution in [0.25, 0.3) is 0 Å². The van der Waals surface area contributed by atoms with Gasteiger partial charge in [-0.15, -0.1) is 11.3 Å². The van der Waals surface area contributed by atoms with Gasteiger partial charge >= 0.3 is 0 Å². The van der Waals surface area contributed by atoms with Crippen molar-refractivity contribution in [3.8, 4) is 0 Å². The number of nitrogens with one attached hydrogen (secondary N) is 1. The summed E-state index contributed by atoms with van der Waals surface area (Å²) in [5, 5.41) is 11.6. The first-order valence-corrected chi connectivity index (χ1v) is 10.7. The fourth-order valence-electron chi connectivity index (χ4n) is 3.43. The number of carbonyl (C=O) groups excluding carboxylic acids is 1. The molecular formula is C17H19ClN2O4S2. The maximum atomic E-state index is 13.3. The molecule has 0 radical (unpaired) electrons. The lowest BCUT2D eigenvalue weighted by atomic mass is 9.80. The van der Waals surface area contributed by atoms with Crippen molar-refractivity contribution < 1.29 is 18.4 Å². The normalized spacial score (nSPS) is 20.8. The number of nitrogens with zero attached hydrogens (tertiary/aromatic N) is 1. The Morgan fingerprint density at radius 3 is 2.54 bits per heavy atom. The van der Waals surface area contributed by atoms with Gasteiger partial charge in [-0.3, -0.25) is 10.0 Å². The molecule has 1 aromatic carbocycles. The quantitative estimate of drug-likeness (QED) is 0.594. The molecule has 26 heavy (non-hydrogen) atoms. The molecule has 0 saturated carbocycles. The van der Waals surface area contributed by atoms with Crippen molar-refractivity contribution in [3.63, 3.8) is 0 Å². The van der Waals surface area contributed by atoms with Gasteiger partial charge in [-0.05, 0) is 47.2 Å². The van der Waals surface area contributed by atoms with Crippen LogP contribution in [0.15, 0.2) is 40.6 Å². The minimum Gasteiger partial charge on any atom is -0.289 e. The average molecular weight is 415 g/mol. The van der Waals surface area contributed by atoms with Crippen LogP contribution in [0.4, 0.5) is 0 Å². The minimum absolute atomic E-state index is 0.00568. The van der Waals surface area contributed by atoms with Crippen molar-refractivity contribution in [2.24, 2.45) is 5.92 Å². The molecule has 1 aliphatic heterocycles. The number of fused-ring (bicyclic) bond motifs is 1. The first kappa shape index (κ1) is 19.3. The third-order valence-corrected chi connectivity index (χ3v) is 7.62. The molecule has 1 amide bonds. The van der Waals surface area contributed by atoms with E-state index in [0.29, 0.717) is 5.02 Å². The molecule has 9 heteroatoms. The van der Waals surface area contributed by atoms with E-state index in [1.807, 2.05) is 25.3 Å². The first-order valence-electron chi connectivity index (χ1n) is 8.05. The topological polar surface area (TPSA) is 86.7 Å². The van der Waals surface area contributed by atoms with Gasteiger partial charge in [0.05, 0.1) is 4.90 Å². The second-order valence-corrected chi connectivity index (χ2v) is 9.82. The Morgan fingerprint density at radius 1 is 1.31 bits per heavy atom. The highest BCUT2D eigenvalue weighted by molar-refractivity contribution is 7.89. The number of sulfonamides is 1. The predicted molar refractivity (Wildman–Crippen MR) is 99.8 cm³/mol. The van der Waals surface area contributed by atoms with Crippen molar-refractivity contribution >= 4 is 38.9 Å². The van der Waals surface area contributed by atoms with Crippen molar-refractivity contribution in [2.45, 2.75) is 37.2 Å². The molecule has 0 bridgehead atoms. The Bertz CT molecular complexity index is 909. The molecule has 3 rings (SSSR count). The Morgan fingerprint density at radius 2 is 1.96 bits per heavy atom. The standard InChI is InChI=1S/C17H19ClN2O4S2/c1-10(2)15-13-7-8-25-14(13)9-20(16(15)17(21)19-22)26(23,24)12-5-3-11(18)4-6-12/h3-8,10,15-16,22H,9H2,1-2H3,(H,19,21)/t15-,16-/m0/s1. The molecule has 2 atom stereocenters. The maximum Gasteiger partial charge on any atom is 0.262 e. The van der Waals surface area contributed by atoms with Gasteiger partial charge in [-0.2, -0.15) is 4.31 Å². The summed E-state index contributed by atoms with van der Waals surface area (Å²) in [6, 6.07) is 6.71. The van der Waals surface area contributed by atoms with Crippen LogP contribution < -0.4 is 5.48 Å². The summed E-state index contributed by atoms with van der Waals surface area (Å²) in [6.45, 7) is 3.95. The van der Waals surface area contributed by atoms with Gasteiger partial charge in [0.1, 0.15) is 6.04 Å². The lowest BCUT2D eigenvalue weighted by molar-refractivity contribution is -0.134. The van der Waals surface area contributed by atoms with Crippen molar-refractivity contribution in [2.75, 3.05) is 0 Å². The number of carbonyl (C=O) groups is 1. The van der Waals surface area contributed by atoms with Crippen LogP contribution in [0.5, 0.6) is 0 Å². The molecule has 1 aliphatic rings. The molecule has 2 aromatic rings. The van der Waals surface area contributed by atoms with Crippen LogP contribution in [-0.2, 0) is 21.4 Å². The van der Waals surface area contributed by atoms with Gasteiger partial charge in [-0.25, -0.2) is 13.9 Å². The van der Waals surface area contributed by atoms with Gasteiger partial charge in [0.2, 0.25) is 10.0 Å². The zero-order valence-electron chi connectivity index (χ0n) is 14.2. The highest BCUT2D eigenvalue weighted by atomic mass is 35.5. The molecule has 0 unspecified atom stereocenters. The number of hydroxylamine groups is 1. The number of amides is 1. The number of halogens is 1. The first-order chi connectivity index (χ1) is 12.3. The van der Waals surface area contributed by atoms with Crippen molar-refractivity contribution in [1.29, 1.82) is 0 Å². The zero-order valence-corrected chi connectivity index (χ0v) is 16.6. The third kappa shape index (κ3) is 3.27. The highest BCUT2D eigenvalue weighted by Crippen LogP contribution is 2.42. The molecule has 0 saturated heterocycles. The molecule has 0 aliphatic carbocycles. The van der Waals surface area contributed by atoms with E-state index in [1.165, 1.54) is 39.9 Å². The Hall–Kier alpha value is -1.45. The largest absolute Gasteiger partial charge is 0.289 e. The third-order valence-electron chi connectivity index (χ3n) is 4.61. The summed E-state index contributed by atoms with van der Waals surface area (Å²) in [7, 11) is -3.96. The van der Waals surface area contributed by atoms with Crippen LogP contribution in [0, 0.1) is 5.92 Å². The molecule has 2 heterocycles. The van der Waals surface area contributed by atoms with E-state index in [-0.39, 0.29) is 23.3 Å². The fraction of sp³-hybridized carbons (Fsp3) is 0.353. The van der Waals surface area contributed by atoms with E-state index in [4.69, 9.17) is 11.6 Å². The van der Waals surface area contributed by atoms with E-state index in [1.54, 1.807) is 5.48 Å².